The van der Waals surface area contributed by atoms with Gasteiger partial charge in [0.2, 0.25) is 5.91 Å². The lowest BCUT2D eigenvalue weighted by atomic mass is 9.89. The Labute approximate surface area is 113 Å². The van der Waals surface area contributed by atoms with Gasteiger partial charge in [-0.25, -0.2) is 9.69 Å². The summed E-state index contributed by atoms with van der Waals surface area (Å²) < 4.78 is 5.16. The first-order chi connectivity index (χ1) is 8.63. The molecule has 1 saturated heterocycles. The Bertz CT molecular complexity index is 347. The highest BCUT2D eigenvalue weighted by molar-refractivity contribution is 5.94. The van der Waals surface area contributed by atoms with Crippen LogP contribution in [0.4, 0.5) is 4.79 Å². The van der Waals surface area contributed by atoms with Crippen molar-refractivity contribution in [3.63, 3.8) is 0 Å². The largest absolute Gasteiger partial charge is 0.443 e. The van der Waals surface area contributed by atoms with Gasteiger partial charge in [0.15, 0.2) is 0 Å². The average Bonchev–Trinajstić information content (AvgIpc) is 2.25. The van der Waals surface area contributed by atoms with E-state index in [-0.39, 0.29) is 6.54 Å². The van der Waals surface area contributed by atoms with Crippen molar-refractivity contribution < 1.29 is 24.5 Å². The van der Waals surface area contributed by atoms with Gasteiger partial charge in [-0.3, -0.25) is 4.79 Å². The zero-order valence-corrected chi connectivity index (χ0v) is 11.9. The molecule has 19 heavy (non-hydrogen) atoms. The standard InChI is InChI=1S/C13H23NO5/c1-8(15)10(16)9-6-5-7-14(11(9)17)12(18)19-13(2,3)4/h8-10,15-16H,5-7H2,1-4H3/t8-,9-,10+/m1/s1. The molecule has 1 heterocycles. The summed E-state index contributed by atoms with van der Waals surface area (Å²) in [5.74, 6) is -1.23. The average molecular weight is 273 g/mol. The van der Waals surface area contributed by atoms with Crippen LogP contribution in [0.1, 0.15) is 40.5 Å². The molecular weight excluding hydrogens is 250 g/mol. The van der Waals surface area contributed by atoms with Gasteiger partial charge in [0.05, 0.1) is 18.1 Å². The molecule has 1 aliphatic heterocycles. The minimum absolute atomic E-state index is 0.288. The summed E-state index contributed by atoms with van der Waals surface area (Å²) in [6.45, 7) is 6.88. The third-order valence-electron chi connectivity index (χ3n) is 3.00. The Morgan fingerprint density at radius 3 is 2.47 bits per heavy atom. The summed E-state index contributed by atoms with van der Waals surface area (Å²) in [5, 5.41) is 19.2. The van der Waals surface area contributed by atoms with Gasteiger partial charge in [-0.05, 0) is 40.5 Å². The minimum atomic E-state index is -1.15. The van der Waals surface area contributed by atoms with E-state index >= 15 is 0 Å². The molecular formula is C13H23NO5. The number of piperidine rings is 1. The molecule has 0 radical (unpaired) electrons. The summed E-state index contributed by atoms with van der Waals surface area (Å²) in [4.78, 5) is 25.1. The first-order valence-corrected chi connectivity index (χ1v) is 6.54. The molecule has 6 nitrogen and oxygen atoms in total. The smallest absolute Gasteiger partial charge is 0.417 e. The van der Waals surface area contributed by atoms with E-state index < -0.39 is 35.7 Å². The number of hydrogen-bond donors (Lipinski definition) is 2. The number of nitrogens with zero attached hydrogens (tertiary/aromatic N) is 1. The van der Waals surface area contributed by atoms with Gasteiger partial charge in [0, 0.05) is 6.54 Å². The third-order valence-corrected chi connectivity index (χ3v) is 3.00. The Hall–Kier alpha value is -1.14. The highest BCUT2D eigenvalue weighted by atomic mass is 16.6. The number of imide groups is 1. The second-order valence-corrected chi connectivity index (χ2v) is 5.95. The van der Waals surface area contributed by atoms with E-state index in [0.29, 0.717) is 12.8 Å². The van der Waals surface area contributed by atoms with Crippen LogP contribution < -0.4 is 0 Å². The normalized spacial score (nSPS) is 24.0. The molecule has 0 saturated carbocycles. The van der Waals surface area contributed by atoms with Crippen LogP contribution >= 0.6 is 0 Å². The summed E-state index contributed by atoms with van der Waals surface area (Å²) in [7, 11) is 0. The second-order valence-electron chi connectivity index (χ2n) is 5.95. The first-order valence-electron chi connectivity index (χ1n) is 6.54. The molecule has 0 bridgehead atoms. The van der Waals surface area contributed by atoms with Crippen LogP contribution in [-0.4, -0.2) is 51.5 Å². The predicted octanol–water partition coefficient (Wildman–Crippen LogP) is 0.902. The third kappa shape index (κ3) is 4.18. The Kier molecular flexibility index (Phi) is 4.92. The molecule has 0 aromatic heterocycles. The van der Waals surface area contributed by atoms with Crippen LogP contribution in [0.15, 0.2) is 0 Å². The van der Waals surface area contributed by atoms with E-state index in [1.165, 1.54) is 6.92 Å². The molecule has 6 heteroatoms. The summed E-state index contributed by atoms with van der Waals surface area (Å²) in [6, 6.07) is 0. The van der Waals surface area contributed by atoms with Gasteiger partial charge < -0.3 is 14.9 Å². The molecule has 0 unspecified atom stereocenters. The van der Waals surface area contributed by atoms with Crippen molar-refractivity contribution in [3.8, 4) is 0 Å². The zero-order chi connectivity index (χ0) is 14.8. The Balaban J connectivity index is 2.76. The van der Waals surface area contributed by atoms with Crippen LogP contribution in [0.25, 0.3) is 0 Å². The highest BCUT2D eigenvalue weighted by Crippen LogP contribution is 2.24. The number of carbonyl (C=O) groups excluding carboxylic acids is 2. The van der Waals surface area contributed by atoms with Crippen molar-refractivity contribution in [1.29, 1.82) is 0 Å². The monoisotopic (exact) mass is 273 g/mol. The van der Waals surface area contributed by atoms with Gasteiger partial charge in [-0.2, -0.15) is 0 Å². The molecule has 1 rings (SSSR count). The lowest BCUT2D eigenvalue weighted by Crippen LogP contribution is -2.51. The van der Waals surface area contributed by atoms with E-state index in [9.17, 15) is 19.8 Å². The molecule has 3 atom stereocenters. The predicted molar refractivity (Wildman–Crippen MR) is 68.4 cm³/mol. The lowest BCUT2D eigenvalue weighted by molar-refractivity contribution is -0.145. The van der Waals surface area contributed by atoms with Crippen molar-refractivity contribution >= 4 is 12.0 Å². The minimum Gasteiger partial charge on any atom is -0.443 e. The fourth-order valence-electron chi connectivity index (χ4n) is 2.05. The lowest BCUT2D eigenvalue weighted by Gasteiger charge is -2.34. The van der Waals surface area contributed by atoms with E-state index in [0.717, 1.165) is 4.90 Å². The van der Waals surface area contributed by atoms with Gasteiger partial charge in [-0.15, -0.1) is 0 Å². The zero-order valence-electron chi connectivity index (χ0n) is 11.9. The first kappa shape index (κ1) is 15.9. The number of likely N-dealkylation sites (tertiary alicyclic amines) is 1. The number of aliphatic hydroxyl groups is 2. The van der Waals surface area contributed by atoms with Gasteiger partial charge >= 0.3 is 6.09 Å². The van der Waals surface area contributed by atoms with E-state index in [1.807, 2.05) is 0 Å². The number of aliphatic hydroxyl groups excluding tert-OH is 2. The summed E-state index contributed by atoms with van der Waals surface area (Å²) in [6.07, 6.45) is -1.80. The van der Waals surface area contributed by atoms with E-state index in [2.05, 4.69) is 0 Å². The van der Waals surface area contributed by atoms with Crippen molar-refractivity contribution in [1.82, 2.24) is 4.90 Å². The number of hydrogen-bond acceptors (Lipinski definition) is 5. The van der Waals surface area contributed by atoms with E-state index in [4.69, 9.17) is 4.74 Å². The van der Waals surface area contributed by atoms with Crippen LogP contribution in [0.3, 0.4) is 0 Å². The van der Waals surface area contributed by atoms with Crippen LogP contribution in [0.2, 0.25) is 0 Å². The molecule has 2 amide bonds. The molecule has 0 aromatic carbocycles. The van der Waals surface area contributed by atoms with Crippen LogP contribution in [0.5, 0.6) is 0 Å². The molecule has 2 N–H and O–H groups in total. The fourth-order valence-corrected chi connectivity index (χ4v) is 2.05. The number of rotatable bonds is 2. The van der Waals surface area contributed by atoms with Crippen LogP contribution in [0, 0.1) is 5.92 Å². The second kappa shape index (κ2) is 5.88. The van der Waals surface area contributed by atoms with Crippen molar-refractivity contribution in [2.24, 2.45) is 5.92 Å². The van der Waals surface area contributed by atoms with Gasteiger partial charge in [0.1, 0.15) is 5.60 Å². The topological polar surface area (TPSA) is 87.1 Å². The maximum atomic E-state index is 12.2. The molecule has 1 fully saturated rings. The fraction of sp³-hybridized carbons (Fsp3) is 0.846. The summed E-state index contributed by atoms with van der Waals surface area (Å²) >= 11 is 0. The summed E-state index contributed by atoms with van der Waals surface area (Å²) in [5.41, 5.74) is -0.673. The Morgan fingerprint density at radius 2 is 2.00 bits per heavy atom. The quantitative estimate of drug-likeness (QED) is 0.780. The highest BCUT2D eigenvalue weighted by Gasteiger charge is 2.39. The molecule has 0 spiro atoms. The Morgan fingerprint density at radius 1 is 1.42 bits per heavy atom. The van der Waals surface area contributed by atoms with Crippen molar-refractivity contribution in [2.45, 2.75) is 58.3 Å². The molecule has 1 aliphatic rings. The molecule has 110 valence electrons. The van der Waals surface area contributed by atoms with Gasteiger partial charge in [0.25, 0.3) is 0 Å². The maximum absolute atomic E-state index is 12.2. The molecule has 0 aliphatic carbocycles. The van der Waals surface area contributed by atoms with Crippen molar-refractivity contribution in [2.75, 3.05) is 6.54 Å². The van der Waals surface area contributed by atoms with Gasteiger partial charge in [-0.1, -0.05) is 0 Å². The number of amides is 2. The SMILES string of the molecule is C[C@@H](O)[C@H](O)[C@H]1CCCN(C(=O)OC(C)(C)C)C1=O. The van der Waals surface area contributed by atoms with Crippen molar-refractivity contribution in [3.05, 3.63) is 0 Å². The van der Waals surface area contributed by atoms with E-state index in [1.54, 1.807) is 20.8 Å². The maximum Gasteiger partial charge on any atom is 0.417 e. The van der Waals surface area contributed by atoms with Crippen LogP contribution in [-0.2, 0) is 9.53 Å². The number of carbonyl (C=O) groups is 2. The molecule has 0 aromatic rings. The number of ether oxygens (including phenoxy) is 1.